The Kier molecular flexibility index (Phi) is 4.81. The maximum absolute atomic E-state index is 10.9. The Labute approximate surface area is 181 Å². The summed E-state index contributed by atoms with van der Waals surface area (Å²) in [7, 11) is 0. The minimum absolute atomic E-state index is 0.0235. The maximum atomic E-state index is 10.9. The minimum atomic E-state index is -0.384. The van der Waals surface area contributed by atoms with Gasteiger partial charge in [0.1, 0.15) is 17.4 Å². The predicted molar refractivity (Wildman–Crippen MR) is 118 cm³/mol. The van der Waals surface area contributed by atoms with Gasteiger partial charge in [-0.25, -0.2) is 4.98 Å². The molecule has 0 saturated heterocycles. The normalized spacial score (nSPS) is 15.7. The van der Waals surface area contributed by atoms with Crippen molar-refractivity contribution in [1.29, 1.82) is 5.26 Å². The first-order chi connectivity index (χ1) is 14.7. The first kappa shape index (κ1) is 18.9. The second-order valence-corrected chi connectivity index (χ2v) is 9.37. The number of rotatable bonds is 6. The van der Waals surface area contributed by atoms with Gasteiger partial charge in [-0.1, -0.05) is 30.0 Å². The lowest BCUT2D eigenvalue weighted by atomic mass is 10.2. The lowest BCUT2D eigenvalue weighted by molar-refractivity contribution is 0.401. The number of nitrogens with zero attached hydrogens (tertiary/aromatic N) is 5. The minimum Gasteiger partial charge on any atom is -0.510 e. The molecule has 1 unspecified atom stereocenters. The highest BCUT2D eigenvalue weighted by Crippen LogP contribution is 2.43. The van der Waals surface area contributed by atoms with Gasteiger partial charge < -0.3 is 10.1 Å². The van der Waals surface area contributed by atoms with Crippen molar-refractivity contribution in [1.82, 2.24) is 24.7 Å². The first-order valence-corrected chi connectivity index (χ1v) is 11.4. The number of hydrogen-bond donors (Lipinski definition) is 2. The summed E-state index contributed by atoms with van der Waals surface area (Å²) in [5.41, 5.74) is 1.71. The van der Waals surface area contributed by atoms with Gasteiger partial charge in [-0.2, -0.15) is 5.26 Å². The van der Waals surface area contributed by atoms with E-state index < -0.39 is 0 Å². The van der Waals surface area contributed by atoms with E-state index in [1.165, 1.54) is 11.8 Å². The molecule has 1 fully saturated rings. The average molecular weight is 435 g/mol. The second kappa shape index (κ2) is 7.63. The van der Waals surface area contributed by atoms with Crippen LogP contribution in [0.4, 0.5) is 0 Å². The summed E-state index contributed by atoms with van der Waals surface area (Å²) in [4.78, 5) is 8.64. The summed E-state index contributed by atoms with van der Waals surface area (Å²) in [6.45, 7) is 1.86. The molecular formula is C21H18N6OS2. The van der Waals surface area contributed by atoms with Crippen LogP contribution >= 0.6 is 23.1 Å². The third-order valence-electron chi connectivity index (χ3n) is 4.98. The Morgan fingerprint density at radius 1 is 1.30 bits per heavy atom. The van der Waals surface area contributed by atoms with Gasteiger partial charge in [0.05, 0.1) is 21.2 Å². The van der Waals surface area contributed by atoms with E-state index in [9.17, 15) is 10.4 Å². The van der Waals surface area contributed by atoms with E-state index >= 15 is 0 Å². The number of aromatic amines is 1. The summed E-state index contributed by atoms with van der Waals surface area (Å²) in [6, 6.07) is 14.1. The van der Waals surface area contributed by atoms with Crippen LogP contribution < -0.4 is 0 Å². The Morgan fingerprint density at radius 2 is 2.13 bits per heavy atom. The average Bonchev–Trinajstić information content (AvgIpc) is 3.15. The molecule has 0 spiro atoms. The van der Waals surface area contributed by atoms with Crippen molar-refractivity contribution in [2.45, 2.75) is 36.2 Å². The first-order valence-electron chi connectivity index (χ1n) is 9.59. The van der Waals surface area contributed by atoms with Gasteiger partial charge in [0, 0.05) is 6.04 Å². The molecule has 1 aromatic carbocycles. The Balaban J connectivity index is 1.47. The molecule has 0 radical (unpaired) electrons. The van der Waals surface area contributed by atoms with Crippen molar-refractivity contribution >= 4 is 39.7 Å². The van der Waals surface area contributed by atoms with Crippen LogP contribution in [-0.2, 0) is 0 Å². The van der Waals surface area contributed by atoms with Crippen molar-refractivity contribution in [3.05, 3.63) is 53.4 Å². The van der Waals surface area contributed by atoms with Gasteiger partial charge in [-0.15, -0.1) is 21.5 Å². The van der Waals surface area contributed by atoms with Crippen molar-refractivity contribution in [3.8, 4) is 16.8 Å². The number of para-hydroxylation sites is 2. The van der Waals surface area contributed by atoms with Crippen molar-refractivity contribution < 1.29 is 5.11 Å². The molecule has 2 N–H and O–H groups in total. The number of nitrogens with one attached hydrogen (secondary N) is 1. The fourth-order valence-electron chi connectivity index (χ4n) is 3.31. The number of H-pyrrole nitrogens is 1. The zero-order valence-electron chi connectivity index (χ0n) is 16.1. The zero-order chi connectivity index (χ0) is 20.7. The molecule has 150 valence electrons. The summed E-state index contributed by atoms with van der Waals surface area (Å²) in [5, 5.41) is 31.8. The van der Waals surface area contributed by atoms with Crippen LogP contribution in [-0.4, -0.2) is 35.1 Å². The Hall–Kier alpha value is -3.09. The molecule has 0 aliphatic heterocycles. The monoisotopic (exact) mass is 434 g/mol. The fraction of sp³-hybridized carbons (Fsp3) is 0.238. The number of thiophene rings is 1. The number of benzene rings is 1. The molecule has 1 aliphatic carbocycles. The van der Waals surface area contributed by atoms with E-state index in [-0.39, 0.29) is 16.6 Å². The van der Waals surface area contributed by atoms with E-state index in [0.29, 0.717) is 11.9 Å². The summed E-state index contributed by atoms with van der Waals surface area (Å²) >= 11 is 3.04. The van der Waals surface area contributed by atoms with Crippen LogP contribution in [0, 0.1) is 11.3 Å². The molecule has 1 aliphatic rings. The van der Waals surface area contributed by atoms with E-state index in [0.717, 1.165) is 39.7 Å². The highest BCUT2D eigenvalue weighted by molar-refractivity contribution is 7.99. The largest absolute Gasteiger partial charge is 0.510 e. The predicted octanol–water partition coefficient (Wildman–Crippen LogP) is 5.19. The molecule has 4 aromatic rings. The molecule has 5 rings (SSSR count). The van der Waals surface area contributed by atoms with Crippen molar-refractivity contribution in [2.24, 2.45) is 0 Å². The number of aromatic nitrogens is 5. The lowest BCUT2D eigenvalue weighted by Crippen LogP contribution is -2.07. The quantitative estimate of drug-likeness (QED) is 0.246. The number of thioether (sulfide) groups is 1. The van der Waals surface area contributed by atoms with Crippen LogP contribution in [0.25, 0.3) is 27.3 Å². The Morgan fingerprint density at radius 3 is 2.83 bits per heavy atom. The molecule has 9 heteroatoms. The number of allylic oxidation sites excluding steroid dienone is 1. The van der Waals surface area contributed by atoms with Crippen LogP contribution in [0.1, 0.15) is 31.6 Å². The summed E-state index contributed by atoms with van der Waals surface area (Å²) < 4.78 is 2.16. The molecule has 30 heavy (non-hydrogen) atoms. The van der Waals surface area contributed by atoms with Gasteiger partial charge in [0.2, 0.25) is 0 Å². The maximum Gasteiger partial charge on any atom is 0.192 e. The van der Waals surface area contributed by atoms with Gasteiger partial charge in [0.15, 0.2) is 16.8 Å². The highest BCUT2D eigenvalue weighted by Gasteiger charge is 2.32. The molecule has 3 aromatic heterocycles. The topological polar surface area (TPSA) is 103 Å². The van der Waals surface area contributed by atoms with E-state index in [2.05, 4.69) is 30.8 Å². The van der Waals surface area contributed by atoms with E-state index in [4.69, 9.17) is 0 Å². The van der Waals surface area contributed by atoms with Crippen LogP contribution in [0.15, 0.2) is 52.7 Å². The highest BCUT2D eigenvalue weighted by atomic mass is 32.2. The number of nitriles is 1. The second-order valence-electron chi connectivity index (χ2n) is 7.12. The van der Waals surface area contributed by atoms with Gasteiger partial charge in [-0.05, 0) is 43.3 Å². The van der Waals surface area contributed by atoms with Gasteiger partial charge >= 0.3 is 0 Å². The Bertz CT molecular complexity index is 1240. The van der Waals surface area contributed by atoms with E-state index in [1.807, 2.05) is 48.7 Å². The van der Waals surface area contributed by atoms with Crippen LogP contribution in [0.2, 0.25) is 0 Å². The van der Waals surface area contributed by atoms with Crippen molar-refractivity contribution in [2.75, 3.05) is 0 Å². The molecule has 1 atom stereocenters. The lowest BCUT2D eigenvalue weighted by Gasteiger charge is -2.13. The third kappa shape index (κ3) is 3.38. The number of aliphatic hydroxyl groups is 1. The molecular weight excluding hydrogens is 416 g/mol. The molecule has 3 heterocycles. The summed E-state index contributed by atoms with van der Waals surface area (Å²) in [5.74, 6) is 1.21. The third-order valence-corrected chi connectivity index (χ3v) is 6.91. The number of aliphatic hydroxyl groups excluding tert-OH is 1. The standard InChI is InChI=1S/C21H18N6OS2/c1-12(18(28)14(11-22)19-23-15-5-2-3-6-16(15)24-19)30-21-26-25-20(17-7-4-10-29-17)27(21)13-8-9-13/h2-7,10,12-13,28H,8-9H2,1H3,(H,23,24)/b18-14-. The van der Waals surface area contributed by atoms with Crippen LogP contribution in [0.3, 0.4) is 0 Å². The van der Waals surface area contributed by atoms with Gasteiger partial charge in [0.25, 0.3) is 0 Å². The smallest absolute Gasteiger partial charge is 0.192 e. The number of fused-ring (bicyclic) bond motifs is 1. The van der Waals surface area contributed by atoms with E-state index in [1.54, 1.807) is 11.3 Å². The van der Waals surface area contributed by atoms with Crippen LogP contribution in [0.5, 0.6) is 0 Å². The molecule has 0 bridgehead atoms. The van der Waals surface area contributed by atoms with Crippen molar-refractivity contribution in [3.63, 3.8) is 0 Å². The number of imidazole rings is 1. The molecule has 1 saturated carbocycles. The molecule has 0 amide bonds. The fourth-order valence-corrected chi connectivity index (χ4v) is 5.00. The zero-order valence-corrected chi connectivity index (χ0v) is 17.7. The van der Waals surface area contributed by atoms with Gasteiger partial charge in [-0.3, -0.25) is 4.57 Å². The number of hydrogen-bond acceptors (Lipinski definition) is 7. The SMILES string of the molecule is CC(Sc1nnc(-c2cccs2)n1C1CC1)/C(O)=C(\C#N)c1nc2ccccc2[nH]1. The molecule has 7 nitrogen and oxygen atoms in total. The summed E-state index contributed by atoms with van der Waals surface area (Å²) in [6.07, 6.45) is 2.20.